The molecule has 2 atom stereocenters. The number of benzene rings is 1. The highest BCUT2D eigenvalue weighted by atomic mass is 19.1. The van der Waals surface area contributed by atoms with Crippen LogP contribution < -0.4 is 5.46 Å². The van der Waals surface area contributed by atoms with Gasteiger partial charge in [0.2, 0.25) is 0 Å². The molecule has 0 N–H and O–H groups in total. The molecule has 1 aromatic carbocycles. The Kier molecular flexibility index (Phi) is 4.92. The van der Waals surface area contributed by atoms with Gasteiger partial charge in [-0.05, 0) is 59.1 Å². The number of halogens is 1. The van der Waals surface area contributed by atoms with Crippen LogP contribution in [0.4, 0.5) is 4.39 Å². The molecule has 142 valence electrons. The number of hydrogen-bond donors (Lipinski definition) is 0. The van der Waals surface area contributed by atoms with E-state index < -0.39 is 24.1 Å². The maximum absolute atomic E-state index is 14.0. The molecule has 0 unspecified atom stereocenters. The summed E-state index contributed by atoms with van der Waals surface area (Å²) in [5.41, 5.74) is -0.234. The Morgan fingerprint density at radius 1 is 1.12 bits per heavy atom. The van der Waals surface area contributed by atoms with E-state index >= 15 is 0 Å². The molecule has 2 heterocycles. The number of ether oxygens (including phenoxy) is 1. The molecule has 0 spiro atoms. The standard InChI is InChI=1S/C19H27BFNO4/c1-12-10-24-11-13(2)22(12)17(23)15-9-14(21)7-8-16(15)20-25-18(3,4)19(5,6)26-20/h7-9,12-13H,10-11H2,1-6H3/t12-,13-/m1/s1. The fraction of sp³-hybridized carbons (Fsp3) is 0.632. The van der Waals surface area contributed by atoms with Gasteiger partial charge in [-0.2, -0.15) is 0 Å². The molecule has 3 rings (SSSR count). The Labute approximate surface area is 154 Å². The minimum Gasteiger partial charge on any atom is -0.399 e. The van der Waals surface area contributed by atoms with E-state index in [1.165, 1.54) is 12.1 Å². The van der Waals surface area contributed by atoms with Gasteiger partial charge in [-0.1, -0.05) is 6.07 Å². The van der Waals surface area contributed by atoms with Crippen molar-refractivity contribution in [2.75, 3.05) is 13.2 Å². The fourth-order valence-corrected chi connectivity index (χ4v) is 3.43. The van der Waals surface area contributed by atoms with Crippen LogP contribution in [0.5, 0.6) is 0 Å². The summed E-state index contributed by atoms with van der Waals surface area (Å²) in [4.78, 5) is 15.0. The first-order valence-corrected chi connectivity index (χ1v) is 9.09. The van der Waals surface area contributed by atoms with Crippen LogP contribution in [-0.2, 0) is 14.0 Å². The molecule has 0 radical (unpaired) electrons. The lowest BCUT2D eigenvalue weighted by molar-refractivity contribution is -0.0249. The number of amides is 1. The van der Waals surface area contributed by atoms with E-state index in [1.807, 2.05) is 41.5 Å². The van der Waals surface area contributed by atoms with Crippen LogP contribution >= 0.6 is 0 Å². The number of carbonyl (C=O) groups is 1. The molecular weight excluding hydrogens is 336 g/mol. The van der Waals surface area contributed by atoms with E-state index in [1.54, 1.807) is 11.0 Å². The zero-order valence-corrected chi connectivity index (χ0v) is 16.3. The molecular formula is C19H27BFNO4. The van der Waals surface area contributed by atoms with E-state index in [0.717, 1.165) is 0 Å². The van der Waals surface area contributed by atoms with Crippen molar-refractivity contribution in [1.29, 1.82) is 0 Å². The molecule has 26 heavy (non-hydrogen) atoms. The molecule has 0 aliphatic carbocycles. The van der Waals surface area contributed by atoms with Crippen molar-refractivity contribution in [2.45, 2.75) is 64.8 Å². The van der Waals surface area contributed by atoms with Gasteiger partial charge in [-0.25, -0.2) is 4.39 Å². The van der Waals surface area contributed by atoms with Gasteiger partial charge < -0.3 is 18.9 Å². The largest absolute Gasteiger partial charge is 0.495 e. The molecule has 7 heteroatoms. The van der Waals surface area contributed by atoms with Gasteiger partial charge in [0.05, 0.1) is 36.5 Å². The zero-order chi connectivity index (χ0) is 19.3. The molecule has 2 aliphatic heterocycles. The van der Waals surface area contributed by atoms with E-state index in [-0.39, 0.29) is 23.6 Å². The summed E-state index contributed by atoms with van der Waals surface area (Å²) in [6, 6.07) is 4.03. The van der Waals surface area contributed by atoms with Crippen LogP contribution in [0.3, 0.4) is 0 Å². The molecule has 2 fully saturated rings. The summed E-state index contributed by atoms with van der Waals surface area (Å²) >= 11 is 0. The lowest BCUT2D eigenvalue weighted by Crippen LogP contribution is -2.54. The Morgan fingerprint density at radius 2 is 1.65 bits per heavy atom. The minimum atomic E-state index is -0.716. The highest BCUT2D eigenvalue weighted by molar-refractivity contribution is 6.63. The smallest absolute Gasteiger partial charge is 0.399 e. The van der Waals surface area contributed by atoms with Crippen molar-refractivity contribution < 1.29 is 23.2 Å². The molecule has 1 aromatic rings. The minimum absolute atomic E-state index is 0.0827. The van der Waals surface area contributed by atoms with Gasteiger partial charge in [0.1, 0.15) is 5.82 Å². The van der Waals surface area contributed by atoms with Crippen LogP contribution in [0.1, 0.15) is 51.9 Å². The number of rotatable bonds is 2. The van der Waals surface area contributed by atoms with Crippen molar-refractivity contribution in [2.24, 2.45) is 0 Å². The predicted octanol–water partition coefficient (Wildman–Crippen LogP) is 2.37. The maximum atomic E-state index is 14.0. The second-order valence-corrected chi connectivity index (χ2v) is 8.27. The van der Waals surface area contributed by atoms with Crippen LogP contribution in [0.15, 0.2) is 18.2 Å². The topological polar surface area (TPSA) is 48.0 Å². The van der Waals surface area contributed by atoms with Gasteiger partial charge in [0.15, 0.2) is 0 Å². The summed E-state index contributed by atoms with van der Waals surface area (Å²) in [6.07, 6.45) is 0. The third-order valence-electron chi connectivity index (χ3n) is 5.66. The molecule has 1 amide bonds. The quantitative estimate of drug-likeness (QED) is 0.757. The normalized spacial score (nSPS) is 27.7. The van der Waals surface area contributed by atoms with Gasteiger partial charge in [0.25, 0.3) is 5.91 Å². The summed E-state index contributed by atoms with van der Waals surface area (Å²) in [6.45, 7) is 12.6. The van der Waals surface area contributed by atoms with Crippen molar-refractivity contribution in [1.82, 2.24) is 4.90 Å². The average molecular weight is 363 g/mol. The maximum Gasteiger partial charge on any atom is 0.495 e. The predicted molar refractivity (Wildman–Crippen MR) is 98.0 cm³/mol. The van der Waals surface area contributed by atoms with Crippen molar-refractivity contribution in [3.8, 4) is 0 Å². The fourth-order valence-electron chi connectivity index (χ4n) is 3.43. The molecule has 0 bridgehead atoms. The second kappa shape index (κ2) is 6.62. The first kappa shape index (κ1) is 19.3. The lowest BCUT2D eigenvalue weighted by Gasteiger charge is -2.39. The summed E-state index contributed by atoms with van der Waals surface area (Å²) in [5.74, 6) is -0.681. The van der Waals surface area contributed by atoms with Crippen LogP contribution in [-0.4, -0.2) is 54.4 Å². The Hall–Kier alpha value is -1.44. The second-order valence-electron chi connectivity index (χ2n) is 8.27. The molecule has 0 saturated carbocycles. The number of carbonyl (C=O) groups excluding carboxylic acids is 1. The first-order valence-electron chi connectivity index (χ1n) is 9.09. The lowest BCUT2D eigenvalue weighted by atomic mass is 9.75. The monoisotopic (exact) mass is 363 g/mol. The van der Waals surface area contributed by atoms with Gasteiger partial charge in [0, 0.05) is 5.56 Å². The van der Waals surface area contributed by atoms with Gasteiger partial charge in [-0.3, -0.25) is 4.79 Å². The molecule has 5 nitrogen and oxygen atoms in total. The van der Waals surface area contributed by atoms with Gasteiger partial charge in [-0.15, -0.1) is 0 Å². The third-order valence-corrected chi connectivity index (χ3v) is 5.66. The van der Waals surface area contributed by atoms with Crippen LogP contribution in [0, 0.1) is 5.82 Å². The van der Waals surface area contributed by atoms with Crippen LogP contribution in [0.25, 0.3) is 0 Å². The van der Waals surface area contributed by atoms with E-state index in [0.29, 0.717) is 18.7 Å². The number of nitrogens with zero attached hydrogens (tertiary/aromatic N) is 1. The molecule has 0 aromatic heterocycles. The van der Waals surface area contributed by atoms with E-state index in [2.05, 4.69) is 0 Å². The summed E-state index contributed by atoms with van der Waals surface area (Å²) < 4.78 is 31.6. The summed E-state index contributed by atoms with van der Waals surface area (Å²) in [7, 11) is -0.716. The first-order chi connectivity index (χ1) is 12.0. The highest BCUT2D eigenvalue weighted by Crippen LogP contribution is 2.36. The third kappa shape index (κ3) is 3.28. The molecule has 2 saturated heterocycles. The number of hydrogen-bond acceptors (Lipinski definition) is 4. The van der Waals surface area contributed by atoms with Crippen molar-refractivity contribution in [3.05, 3.63) is 29.6 Å². The highest BCUT2D eigenvalue weighted by Gasteiger charge is 2.52. The summed E-state index contributed by atoms with van der Waals surface area (Å²) in [5, 5.41) is 0. The van der Waals surface area contributed by atoms with Gasteiger partial charge >= 0.3 is 7.12 Å². The Bertz CT molecular complexity index is 683. The molecule has 2 aliphatic rings. The van der Waals surface area contributed by atoms with Crippen molar-refractivity contribution in [3.63, 3.8) is 0 Å². The van der Waals surface area contributed by atoms with E-state index in [9.17, 15) is 9.18 Å². The SMILES string of the molecule is C[C@@H]1COC[C@@H](C)N1C(=O)c1cc(F)ccc1B1OC(C)(C)C(C)(C)O1. The Balaban J connectivity index is 1.98. The van der Waals surface area contributed by atoms with E-state index in [4.69, 9.17) is 14.0 Å². The number of morpholine rings is 1. The zero-order valence-electron chi connectivity index (χ0n) is 16.3. The Morgan fingerprint density at radius 3 is 2.19 bits per heavy atom. The average Bonchev–Trinajstić information content (AvgIpc) is 2.74. The van der Waals surface area contributed by atoms with Crippen molar-refractivity contribution >= 4 is 18.5 Å². The van der Waals surface area contributed by atoms with Crippen LogP contribution in [0.2, 0.25) is 0 Å².